The second-order valence-electron chi connectivity index (χ2n) is 9.40. The summed E-state index contributed by atoms with van der Waals surface area (Å²) in [4.78, 5) is 62.4. The second-order valence-corrected chi connectivity index (χ2v) is 9.40. The van der Waals surface area contributed by atoms with Gasteiger partial charge in [-0.25, -0.2) is 14.2 Å². The van der Waals surface area contributed by atoms with Gasteiger partial charge >= 0.3 is 29.8 Å². The molecule has 0 aliphatic heterocycles. The number of benzene rings is 2. The van der Waals surface area contributed by atoms with Gasteiger partial charge < -0.3 is 53.6 Å². The number of rotatable bonds is 17. The van der Waals surface area contributed by atoms with E-state index < -0.39 is 67.6 Å². The van der Waals surface area contributed by atoms with Gasteiger partial charge in [0.25, 0.3) is 5.89 Å². The molecule has 0 saturated carbocycles. The van der Waals surface area contributed by atoms with E-state index in [4.69, 9.17) is 33.6 Å². The highest BCUT2D eigenvalue weighted by atomic mass is 19.1. The van der Waals surface area contributed by atoms with Crippen LogP contribution in [-0.4, -0.2) is 99.8 Å². The van der Waals surface area contributed by atoms with Gasteiger partial charge in [-0.3, -0.25) is 19.2 Å². The van der Waals surface area contributed by atoms with Gasteiger partial charge in [-0.15, -0.1) is 0 Å². The third-order valence-electron chi connectivity index (χ3n) is 6.05. The standard InChI is InChI=1S/C28H24FN3O14/c29-16-2-1-15(31(10-23(33)34)11-24(35)36)7-19(16)43-3-4-44-20-5-14-6-21(27-30-9-22(46-27)28(41)42)45-18(14)8-17(20)32(12-25(37)38)13-26(39)40/h1-2,5-9H,3-4,10-13H2,(H,33,34)(H,35,36)(H,37,38)(H,39,40)(H,41,42). The summed E-state index contributed by atoms with van der Waals surface area (Å²) >= 11 is 0. The zero-order valence-electron chi connectivity index (χ0n) is 23.4. The number of oxazole rings is 1. The van der Waals surface area contributed by atoms with E-state index in [0.717, 1.165) is 28.1 Å². The number of hydrogen-bond acceptors (Lipinski definition) is 12. The molecule has 0 spiro atoms. The van der Waals surface area contributed by atoms with Gasteiger partial charge in [0.1, 0.15) is 50.7 Å². The van der Waals surface area contributed by atoms with Crippen molar-refractivity contribution in [3.05, 3.63) is 54.2 Å². The van der Waals surface area contributed by atoms with Crippen LogP contribution in [0.25, 0.3) is 22.6 Å². The minimum Gasteiger partial charge on any atom is -0.488 e. The van der Waals surface area contributed by atoms with Crippen LogP contribution in [0.5, 0.6) is 11.5 Å². The quantitative estimate of drug-likeness (QED) is 0.103. The summed E-state index contributed by atoms with van der Waals surface area (Å²) in [6.07, 6.45) is 0.973. The Morgan fingerprint density at radius 1 is 0.739 bits per heavy atom. The summed E-state index contributed by atoms with van der Waals surface area (Å²) in [6, 6.07) is 7.40. The van der Waals surface area contributed by atoms with Crippen LogP contribution in [0.4, 0.5) is 15.8 Å². The highest BCUT2D eigenvalue weighted by molar-refractivity contribution is 5.90. The molecule has 0 amide bonds. The SMILES string of the molecule is O=C(O)CN(CC(=O)O)c1ccc(F)c(OCCOc2cc3cc(-c4ncc(C(=O)O)o4)oc3cc2N(CC(=O)O)CC(=O)O)c1. The maximum atomic E-state index is 14.5. The van der Waals surface area contributed by atoms with Crippen LogP contribution in [0.2, 0.25) is 0 Å². The monoisotopic (exact) mass is 645 g/mol. The van der Waals surface area contributed by atoms with Gasteiger partial charge in [0, 0.05) is 23.2 Å². The van der Waals surface area contributed by atoms with Crippen LogP contribution in [0, 0.1) is 5.82 Å². The molecule has 242 valence electrons. The van der Waals surface area contributed by atoms with E-state index in [1.807, 2.05) is 0 Å². The van der Waals surface area contributed by atoms with Crippen LogP contribution < -0.4 is 19.3 Å². The third-order valence-corrected chi connectivity index (χ3v) is 6.05. The number of carboxylic acid groups (broad SMARTS) is 5. The van der Waals surface area contributed by atoms with Crippen molar-refractivity contribution in [2.24, 2.45) is 0 Å². The number of hydrogen-bond donors (Lipinski definition) is 5. The Morgan fingerprint density at radius 3 is 1.89 bits per heavy atom. The molecule has 4 rings (SSSR count). The first-order valence-electron chi connectivity index (χ1n) is 13.0. The van der Waals surface area contributed by atoms with Crippen molar-refractivity contribution in [3.63, 3.8) is 0 Å². The Morgan fingerprint density at radius 2 is 1.33 bits per heavy atom. The normalized spacial score (nSPS) is 10.8. The molecule has 0 radical (unpaired) electrons. The van der Waals surface area contributed by atoms with Crippen LogP contribution in [0.15, 0.2) is 51.4 Å². The average Bonchev–Trinajstić information content (AvgIpc) is 3.61. The van der Waals surface area contributed by atoms with Crippen molar-refractivity contribution >= 4 is 52.2 Å². The highest BCUT2D eigenvalue weighted by Crippen LogP contribution is 2.37. The molecule has 5 N–H and O–H groups in total. The number of carbonyl (C=O) groups is 5. The number of nitrogens with zero attached hydrogens (tertiary/aromatic N) is 3. The Labute approximate surface area is 256 Å². The molecular formula is C28H24FN3O14. The lowest BCUT2D eigenvalue weighted by Gasteiger charge is -2.23. The molecule has 0 unspecified atom stereocenters. The molecule has 4 aromatic rings. The van der Waals surface area contributed by atoms with Crippen LogP contribution in [0.1, 0.15) is 10.6 Å². The largest absolute Gasteiger partial charge is 0.488 e. The van der Waals surface area contributed by atoms with Gasteiger partial charge in [0.15, 0.2) is 17.3 Å². The third kappa shape index (κ3) is 8.18. The van der Waals surface area contributed by atoms with E-state index >= 15 is 0 Å². The molecule has 0 aliphatic rings. The molecule has 0 bridgehead atoms. The summed E-state index contributed by atoms with van der Waals surface area (Å²) in [6.45, 7) is -3.47. The topological polar surface area (TPSA) is 251 Å². The lowest BCUT2D eigenvalue weighted by atomic mass is 10.2. The molecule has 2 aromatic carbocycles. The zero-order chi connectivity index (χ0) is 33.5. The van der Waals surface area contributed by atoms with Gasteiger partial charge in [-0.2, -0.15) is 0 Å². The van der Waals surface area contributed by atoms with Crippen molar-refractivity contribution in [1.29, 1.82) is 0 Å². The van der Waals surface area contributed by atoms with Gasteiger partial charge in [-0.05, 0) is 24.3 Å². The predicted octanol–water partition coefficient (Wildman–Crippen LogP) is 2.33. The van der Waals surface area contributed by atoms with Crippen LogP contribution >= 0.6 is 0 Å². The number of furan rings is 1. The van der Waals surface area contributed by atoms with E-state index in [1.54, 1.807) is 0 Å². The van der Waals surface area contributed by atoms with Gasteiger partial charge in [-0.1, -0.05) is 0 Å². The van der Waals surface area contributed by atoms with E-state index in [9.17, 15) is 38.6 Å². The fourth-order valence-electron chi connectivity index (χ4n) is 4.23. The molecule has 0 saturated heterocycles. The number of aliphatic carboxylic acids is 4. The first kappa shape index (κ1) is 32.6. The lowest BCUT2D eigenvalue weighted by Crippen LogP contribution is -2.34. The summed E-state index contributed by atoms with van der Waals surface area (Å²) in [7, 11) is 0. The minimum atomic E-state index is -1.36. The Kier molecular flexibility index (Phi) is 9.90. The molecule has 18 heteroatoms. The van der Waals surface area contributed by atoms with Gasteiger partial charge in [0.2, 0.25) is 5.76 Å². The number of aromatic nitrogens is 1. The van der Waals surface area contributed by atoms with E-state index in [1.165, 1.54) is 24.3 Å². The van der Waals surface area contributed by atoms with Crippen molar-refractivity contribution in [2.75, 3.05) is 49.2 Å². The Hall–Kier alpha value is -6.33. The van der Waals surface area contributed by atoms with E-state index in [-0.39, 0.29) is 53.3 Å². The Bertz CT molecular complexity index is 1770. The van der Waals surface area contributed by atoms with E-state index in [0.29, 0.717) is 5.39 Å². The molecule has 17 nitrogen and oxygen atoms in total. The molecule has 2 heterocycles. The molecule has 2 aromatic heterocycles. The number of anilines is 2. The van der Waals surface area contributed by atoms with Crippen molar-refractivity contribution in [2.45, 2.75) is 0 Å². The van der Waals surface area contributed by atoms with Crippen LogP contribution in [-0.2, 0) is 19.2 Å². The first-order valence-corrected chi connectivity index (χ1v) is 13.0. The number of fused-ring (bicyclic) bond motifs is 1. The number of aromatic carboxylic acids is 1. The number of carboxylic acids is 5. The Balaban J connectivity index is 1.60. The van der Waals surface area contributed by atoms with Crippen molar-refractivity contribution in [1.82, 2.24) is 4.98 Å². The fourth-order valence-corrected chi connectivity index (χ4v) is 4.23. The second kappa shape index (κ2) is 14.0. The zero-order valence-corrected chi connectivity index (χ0v) is 23.4. The summed E-state index contributed by atoms with van der Waals surface area (Å²) < 4.78 is 36.6. The first-order chi connectivity index (χ1) is 21.8. The average molecular weight is 646 g/mol. The minimum absolute atomic E-state index is 0.00662. The number of ether oxygens (including phenoxy) is 2. The number of halogens is 1. The molecule has 0 atom stereocenters. The summed E-state index contributed by atoms with van der Waals surface area (Å²) in [5, 5.41) is 46.5. The molecular weight excluding hydrogens is 621 g/mol. The van der Waals surface area contributed by atoms with Crippen molar-refractivity contribution in [3.8, 4) is 23.1 Å². The fraction of sp³-hybridized carbons (Fsp3) is 0.214. The smallest absolute Gasteiger partial charge is 0.373 e. The van der Waals surface area contributed by atoms with Crippen LogP contribution in [0.3, 0.4) is 0 Å². The van der Waals surface area contributed by atoms with Crippen molar-refractivity contribution < 1.29 is 72.2 Å². The molecule has 46 heavy (non-hydrogen) atoms. The summed E-state index contributed by atoms with van der Waals surface area (Å²) in [5.41, 5.74) is 0.170. The maximum absolute atomic E-state index is 14.5. The summed E-state index contributed by atoms with van der Waals surface area (Å²) in [5.74, 6) is -8.53. The molecule has 0 aliphatic carbocycles. The van der Waals surface area contributed by atoms with E-state index in [2.05, 4.69) is 4.98 Å². The predicted molar refractivity (Wildman–Crippen MR) is 151 cm³/mol. The van der Waals surface area contributed by atoms with Gasteiger partial charge in [0.05, 0.1) is 11.9 Å². The molecule has 0 fully saturated rings. The lowest BCUT2D eigenvalue weighted by molar-refractivity contribution is -0.138. The maximum Gasteiger partial charge on any atom is 0.373 e. The highest BCUT2D eigenvalue weighted by Gasteiger charge is 2.23.